The summed E-state index contributed by atoms with van der Waals surface area (Å²) in [7, 11) is 2.07. The Morgan fingerprint density at radius 1 is 1.21 bits per heavy atom. The van der Waals surface area contributed by atoms with Crippen LogP contribution < -0.4 is 5.32 Å². The summed E-state index contributed by atoms with van der Waals surface area (Å²) >= 11 is 0. The molecular weight excluding hydrogens is 174 g/mol. The van der Waals surface area contributed by atoms with Crippen molar-refractivity contribution >= 4 is 0 Å². The van der Waals surface area contributed by atoms with Gasteiger partial charge in [0.05, 0.1) is 13.2 Å². The first-order valence-corrected chi connectivity index (χ1v) is 5.87. The molecule has 2 fully saturated rings. The number of hydrogen-bond acceptors (Lipinski definition) is 2. The molecule has 0 unspecified atom stereocenters. The van der Waals surface area contributed by atoms with E-state index in [0.717, 1.165) is 19.1 Å². The standard InChI is InChI=1S/C12H23NO/c1-10(2)6-12(8-14-9-12)11(4-5-11)7-13-3/h10,13H,4-9H2,1-3H3. The summed E-state index contributed by atoms with van der Waals surface area (Å²) in [5.74, 6) is 0.799. The van der Waals surface area contributed by atoms with Gasteiger partial charge in [-0.1, -0.05) is 13.8 Å². The third-order valence-electron chi connectivity index (χ3n) is 4.05. The van der Waals surface area contributed by atoms with E-state index in [0.29, 0.717) is 10.8 Å². The van der Waals surface area contributed by atoms with Crippen LogP contribution in [-0.2, 0) is 4.74 Å². The second-order valence-corrected chi connectivity index (χ2v) is 5.68. The molecule has 0 aromatic heterocycles. The molecule has 1 aliphatic carbocycles. The maximum atomic E-state index is 5.48. The van der Waals surface area contributed by atoms with Gasteiger partial charge >= 0.3 is 0 Å². The average Bonchev–Trinajstić information content (AvgIpc) is 2.78. The molecule has 2 nitrogen and oxygen atoms in total. The van der Waals surface area contributed by atoms with Crippen LogP contribution in [0.1, 0.15) is 33.1 Å². The second kappa shape index (κ2) is 3.49. The fraction of sp³-hybridized carbons (Fsp3) is 1.00. The Labute approximate surface area is 87.4 Å². The van der Waals surface area contributed by atoms with Gasteiger partial charge < -0.3 is 10.1 Å². The van der Waals surface area contributed by atoms with Crippen LogP contribution in [0.4, 0.5) is 0 Å². The van der Waals surface area contributed by atoms with Crippen LogP contribution in [0.2, 0.25) is 0 Å². The molecule has 1 saturated carbocycles. The van der Waals surface area contributed by atoms with Gasteiger partial charge in [0, 0.05) is 12.0 Å². The van der Waals surface area contributed by atoms with Crippen LogP contribution in [0.15, 0.2) is 0 Å². The predicted octanol–water partition coefficient (Wildman–Crippen LogP) is 2.05. The van der Waals surface area contributed by atoms with Crippen LogP contribution >= 0.6 is 0 Å². The van der Waals surface area contributed by atoms with Crippen molar-refractivity contribution in [3.8, 4) is 0 Å². The predicted molar refractivity (Wildman–Crippen MR) is 58.3 cm³/mol. The van der Waals surface area contributed by atoms with Crippen molar-refractivity contribution in [3.05, 3.63) is 0 Å². The monoisotopic (exact) mass is 197 g/mol. The van der Waals surface area contributed by atoms with Gasteiger partial charge in [0.25, 0.3) is 0 Å². The largest absolute Gasteiger partial charge is 0.380 e. The van der Waals surface area contributed by atoms with Gasteiger partial charge in [-0.3, -0.25) is 0 Å². The first-order valence-electron chi connectivity index (χ1n) is 5.87. The van der Waals surface area contributed by atoms with Gasteiger partial charge in [0.2, 0.25) is 0 Å². The summed E-state index contributed by atoms with van der Waals surface area (Å²) < 4.78 is 5.48. The van der Waals surface area contributed by atoms with Crippen molar-refractivity contribution in [2.24, 2.45) is 16.7 Å². The van der Waals surface area contributed by atoms with Crippen LogP contribution in [-0.4, -0.2) is 26.8 Å². The molecule has 0 radical (unpaired) electrons. The van der Waals surface area contributed by atoms with Crippen molar-refractivity contribution in [2.45, 2.75) is 33.1 Å². The second-order valence-electron chi connectivity index (χ2n) is 5.68. The van der Waals surface area contributed by atoms with E-state index in [2.05, 4.69) is 26.2 Å². The van der Waals surface area contributed by atoms with Gasteiger partial charge in [0.1, 0.15) is 0 Å². The molecule has 2 rings (SSSR count). The number of rotatable bonds is 5. The van der Waals surface area contributed by atoms with Crippen LogP contribution in [0.25, 0.3) is 0 Å². The van der Waals surface area contributed by atoms with Crippen molar-refractivity contribution in [1.82, 2.24) is 5.32 Å². The van der Waals surface area contributed by atoms with Gasteiger partial charge in [-0.15, -0.1) is 0 Å². The van der Waals surface area contributed by atoms with Crippen LogP contribution in [0, 0.1) is 16.7 Å². The highest BCUT2D eigenvalue weighted by Gasteiger charge is 2.61. The van der Waals surface area contributed by atoms with Crippen molar-refractivity contribution in [2.75, 3.05) is 26.8 Å². The van der Waals surface area contributed by atoms with Gasteiger partial charge in [-0.25, -0.2) is 0 Å². The smallest absolute Gasteiger partial charge is 0.0550 e. The molecular formula is C12H23NO. The van der Waals surface area contributed by atoms with E-state index in [-0.39, 0.29) is 0 Å². The van der Waals surface area contributed by atoms with E-state index in [1.807, 2.05) is 0 Å². The highest BCUT2D eigenvalue weighted by atomic mass is 16.5. The Morgan fingerprint density at radius 3 is 2.14 bits per heavy atom. The Bertz CT molecular complexity index is 204. The molecule has 1 aliphatic heterocycles. The lowest BCUT2D eigenvalue weighted by Gasteiger charge is -2.49. The first kappa shape index (κ1) is 10.4. The fourth-order valence-corrected chi connectivity index (χ4v) is 3.15. The Kier molecular flexibility index (Phi) is 2.61. The maximum Gasteiger partial charge on any atom is 0.0550 e. The maximum absolute atomic E-state index is 5.48. The molecule has 0 bridgehead atoms. The zero-order chi connectivity index (χ0) is 10.2. The van der Waals surface area contributed by atoms with E-state index in [1.165, 1.54) is 25.8 Å². The summed E-state index contributed by atoms with van der Waals surface area (Å²) in [5, 5.41) is 3.36. The van der Waals surface area contributed by atoms with Gasteiger partial charge in [-0.2, -0.15) is 0 Å². The quantitative estimate of drug-likeness (QED) is 0.728. The number of hydrogen-bond donors (Lipinski definition) is 1. The molecule has 0 spiro atoms. The lowest BCUT2D eigenvalue weighted by molar-refractivity contribution is -0.164. The molecule has 1 saturated heterocycles. The Hall–Kier alpha value is -0.0800. The molecule has 2 aliphatic rings. The molecule has 1 heterocycles. The third kappa shape index (κ3) is 1.49. The molecule has 0 aromatic carbocycles. The molecule has 0 amide bonds. The highest BCUT2D eigenvalue weighted by molar-refractivity contribution is 5.11. The molecule has 0 atom stereocenters. The Morgan fingerprint density at radius 2 is 1.86 bits per heavy atom. The lowest BCUT2D eigenvalue weighted by Crippen LogP contribution is -2.53. The van der Waals surface area contributed by atoms with E-state index in [1.54, 1.807) is 0 Å². The molecule has 2 heteroatoms. The SMILES string of the molecule is CNCC1(C2(CC(C)C)COC2)CC1. The summed E-state index contributed by atoms with van der Waals surface area (Å²) in [6, 6.07) is 0. The minimum Gasteiger partial charge on any atom is -0.380 e. The van der Waals surface area contributed by atoms with E-state index >= 15 is 0 Å². The van der Waals surface area contributed by atoms with E-state index < -0.39 is 0 Å². The van der Waals surface area contributed by atoms with Gasteiger partial charge in [-0.05, 0) is 37.6 Å². The summed E-state index contributed by atoms with van der Waals surface area (Å²) in [6.07, 6.45) is 4.16. The van der Waals surface area contributed by atoms with Gasteiger partial charge in [0.15, 0.2) is 0 Å². The van der Waals surface area contributed by atoms with Crippen molar-refractivity contribution < 1.29 is 4.74 Å². The topological polar surface area (TPSA) is 21.3 Å². The first-order chi connectivity index (χ1) is 6.64. The zero-order valence-corrected chi connectivity index (χ0v) is 9.73. The number of ether oxygens (including phenoxy) is 1. The summed E-state index contributed by atoms with van der Waals surface area (Å²) in [6.45, 7) is 7.86. The lowest BCUT2D eigenvalue weighted by atomic mass is 9.66. The van der Waals surface area contributed by atoms with Crippen LogP contribution in [0.5, 0.6) is 0 Å². The summed E-state index contributed by atoms with van der Waals surface area (Å²) in [4.78, 5) is 0. The third-order valence-corrected chi connectivity index (χ3v) is 4.05. The molecule has 14 heavy (non-hydrogen) atoms. The normalized spacial score (nSPS) is 27.4. The molecule has 82 valence electrons. The zero-order valence-electron chi connectivity index (χ0n) is 9.73. The van der Waals surface area contributed by atoms with E-state index in [9.17, 15) is 0 Å². The van der Waals surface area contributed by atoms with E-state index in [4.69, 9.17) is 4.74 Å². The van der Waals surface area contributed by atoms with Crippen molar-refractivity contribution in [3.63, 3.8) is 0 Å². The summed E-state index contributed by atoms with van der Waals surface area (Å²) in [5.41, 5.74) is 1.11. The fourth-order valence-electron chi connectivity index (χ4n) is 3.15. The minimum absolute atomic E-state index is 0.518. The van der Waals surface area contributed by atoms with Crippen molar-refractivity contribution in [1.29, 1.82) is 0 Å². The highest BCUT2D eigenvalue weighted by Crippen LogP contribution is 2.63. The average molecular weight is 197 g/mol. The minimum atomic E-state index is 0.518. The molecule has 0 aromatic rings. The van der Waals surface area contributed by atoms with Crippen LogP contribution in [0.3, 0.4) is 0 Å². The number of nitrogens with one attached hydrogen (secondary N) is 1. The molecule has 1 N–H and O–H groups in total. The Balaban J connectivity index is 2.04.